The molecule has 2 saturated heterocycles. The first-order valence-corrected chi connectivity index (χ1v) is 8.83. The number of alkyl halides is 3. The minimum atomic E-state index is -4.67. The zero-order chi connectivity index (χ0) is 20.5. The predicted octanol–water partition coefficient (Wildman–Crippen LogP) is 1.88. The van der Waals surface area contributed by atoms with Crippen LogP contribution in [0.15, 0.2) is 18.2 Å². The Bertz CT molecular complexity index is 791. The van der Waals surface area contributed by atoms with Crippen LogP contribution in [0.1, 0.15) is 18.4 Å². The molecule has 0 N–H and O–H groups in total. The Balaban J connectivity index is 1.66. The van der Waals surface area contributed by atoms with Gasteiger partial charge in [-0.05, 0) is 18.6 Å². The van der Waals surface area contributed by atoms with Gasteiger partial charge >= 0.3 is 6.18 Å². The minimum Gasteiger partial charge on any atom is -0.362 e. The zero-order valence-electron chi connectivity index (χ0n) is 14.9. The van der Waals surface area contributed by atoms with Crippen molar-refractivity contribution in [3.8, 4) is 0 Å². The van der Waals surface area contributed by atoms with E-state index in [9.17, 15) is 32.9 Å². The third-order valence-electron chi connectivity index (χ3n) is 4.97. The van der Waals surface area contributed by atoms with Crippen molar-refractivity contribution < 1.29 is 27.7 Å². The molecule has 152 valence electrons. The van der Waals surface area contributed by atoms with Gasteiger partial charge in [-0.2, -0.15) is 13.2 Å². The van der Waals surface area contributed by atoms with Crippen LogP contribution in [0.2, 0.25) is 0 Å². The molecular formula is C17H19F3N4O4. The molecule has 0 aliphatic carbocycles. The van der Waals surface area contributed by atoms with Gasteiger partial charge in [-0.25, -0.2) is 0 Å². The third-order valence-corrected chi connectivity index (χ3v) is 4.97. The number of nitrogens with zero attached hydrogens (tertiary/aromatic N) is 4. The molecule has 1 aromatic carbocycles. The molecule has 2 amide bonds. The number of nitro groups is 1. The highest BCUT2D eigenvalue weighted by Gasteiger charge is 2.34. The summed E-state index contributed by atoms with van der Waals surface area (Å²) in [6, 6.07) is 2.45. The summed E-state index contributed by atoms with van der Waals surface area (Å²) < 4.78 is 38.5. The smallest absolute Gasteiger partial charge is 0.362 e. The van der Waals surface area contributed by atoms with E-state index in [-0.39, 0.29) is 50.2 Å². The van der Waals surface area contributed by atoms with E-state index in [1.54, 1.807) is 9.80 Å². The lowest BCUT2D eigenvalue weighted by Crippen LogP contribution is -2.51. The summed E-state index contributed by atoms with van der Waals surface area (Å²) in [5.74, 6) is -0.246. The van der Waals surface area contributed by atoms with Gasteiger partial charge in [-0.1, -0.05) is 0 Å². The molecule has 0 bridgehead atoms. The molecule has 0 unspecified atom stereocenters. The van der Waals surface area contributed by atoms with Crippen molar-refractivity contribution in [2.75, 3.05) is 44.2 Å². The van der Waals surface area contributed by atoms with Crippen molar-refractivity contribution in [2.24, 2.45) is 0 Å². The van der Waals surface area contributed by atoms with Gasteiger partial charge in [0.05, 0.1) is 17.0 Å². The molecule has 2 aliphatic heterocycles. The number of nitro benzene ring substituents is 1. The highest BCUT2D eigenvalue weighted by molar-refractivity contribution is 5.86. The lowest BCUT2D eigenvalue weighted by molar-refractivity contribution is -0.384. The first-order chi connectivity index (χ1) is 13.2. The predicted molar refractivity (Wildman–Crippen MR) is 92.7 cm³/mol. The van der Waals surface area contributed by atoms with Crippen LogP contribution < -0.4 is 4.90 Å². The fourth-order valence-electron chi connectivity index (χ4n) is 3.44. The number of amides is 2. The van der Waals surface area contributed by atoms with Gasteiger partial charge in [0.1, 0.15) is 5.69 Å². The Hall–Kier alpha value is -2.85. The van der Waals surface area contributed by atoms with Crippen LogP contribution >= 0.6 is 0 Å². The second kappa shape index (κ2) is 7.64. The molecule has 28 heavy (non-hydrogen) atoms. The Kier molecular flexibility index (Phi) is 5.43. The normalized spacial score (nSPS) is 18.0. The number of piperazine rings is 1. The first-order valence-electron chi connectivity index (χ1n) is 8.83. The fourth-order valence-corrected chi connectivity index (χ4v) is 3.44. The van der Waals surface area contributed by atoms with Crippen molar-refractivity contribution >= 4 is 23.2 Å². The molecule has 0 radical (unpaired) electrons. The van der Waals surface area contributed by atoms with Crippen LogP contribution in [0.25, 0.3) is 0 Å². The maximum Gasteiger partial charge on any atom is 0.416 e. The number of halogens is 3. The van der Waals surface area contributed by atoms with E-state index in [1.165, 1.54) is 4.90 Å². The highest BCUT2D eigenvalue weighted by Crippen LogP contribution is 2.36. The molecule has 1 aromatic rings. The topological polar surface area (TPSA) is 87.0 Å². The molecule has 8 nitrogen and oxygen atoms in total. The number of likely N-dealkylation sites (tertiary alicyclic amines) is 1. The average molecular weight is 400 g/mol. The first kappa shape index (κ1) is 19.9. The summed E-state index contributed by atoms with van der Waals surface area (Å²) >= 11 is 0. The summed E-state index contributed by atoms with van der Waals surface area (Å²) in [6.07, 6.45) is -3.49. The Morgan fingerprint density at radius 1 is 1.14 bits per heavy atom. The van der Waals surface area contributed by atoms with E-state index in [4.69, 9.17) is 0 Å². The zero-order valence-corrected chi connectivity index (χ0v) is 14.9. The van der Waals surface area contributed by atoms with Gasteiger partial charge in [0, 0.05) is 45.2 Å². The maximum absolute atomic E-state index is 12.8. The average Bonchev–Trinajstić information content (AvgIpc) is 3.05. The number of hydrogen-bond donors (Lipinski definition) is 0. The minimum absolute atomic E-state index is 0.0132. The summed E-state index contributed by atoms with van der Waals surface area (Å²) in [5.41, 5.74) is -1.59. The van der Waals surface area contributed by atoms with E-state index >= 15 is 0 Å². The van der Waals surface area contributed by atoms with Gasteiger partial charge in [0.25, 0.3) is 5.69 Å². The Morgan fingerprint density at radius 2 is 1.82 bits per heavy atom. The summed E-state index contributed by atoms with van der Waals surface area (Å²) in [7, 11) is 0. The number of rotatable bonds is 4. The van der Waals surface area contributed by atoms with Crippen molar-refractivity contribution in [2.45, 2.75) is 19.0 Å². The lowest BCUT2D eigenvalue weighted by Gasteiger charge is -2.36. The summed E-state index contributed by atoms with van der Waals surface area (Å²) in [6.45, 7) is 1.64. The molecular weight excluding hydrogens is 381 g/mol. The van der Waals surface area contributed by atoms with Gasteiger partial charge in [-0.3, -0.25) is 19.7 Å². The van der Waals surface area contributed by atoms with Crippen LogP contribution in [0.3, 0.4) is 0 Å². The van der Waals surface area contributed by atoms with E-state index in [2.05, 4.69) is 0 Å². The van der Waals surface area contributed by atoms with Crippen molar-refractivity contribution in [3.63, 3.8) is 0 Å². The molecule has 0 atom stereocenters. The summed E-state index contributed by atoms with van der Waals surface area (Å²) in [5, 5.41) is 11.2. The molecule has 2 heterocycles. The van der Waals surface area contributed by atoms with Crippen LogP contribution in [0.5, 0.6) is 0 Å². The molecule has 0 spiro atoms. The number of carbonyl (C=O) groups is 2. The van der Waals surface area contributed by atoms with Gasteiger partial charge < -0.3 is 14.7 Å². The largest absolute Gasteiger partial charge is 0.416 e. The maximum atomic E-state index is 12.8. The van der Waals surface area contributed by atoms with E-state index in [0.717, 1.165) is 18.6 Å². The van der Waals surface area contributed by atoms with Crippen LogP contribution in [-0.2, 0) is 15.8 Å². The number of anilines is 1. The molecule has 0 aromatic heterocycles. The molecule has 2 fully saturated rings. The molecule has 0 saturated carbocycles. The van der Waals surface area contributed by atoms with Crippen LogP contribution in [0, 0.1) is 10.1 Å². The van der Waals surface area contributed by atoms with Gasteiger partial charge in [-0.15, -0.1) is 0 Å². The van der Waals surface area contributed by atoms with E-state index < -0.39 is 22.4 Å². The fraction of sp³-hybridized carbons (Fsp3) is 0.529. The van der Waals surface area contributed by atoms with E-state index in [0.29, 0.717) is 19.0 Å². The van der Waals surface area contributed by atoms with Crippen molar-refractivity contribution in [1.82, 2.24) is 9.80 Å². The Labute approximate surface area is 158 Å². The molecule has 3 rings (SSSR count). The van der Waals surface area contributed by atoms with Gasteiger partial charge in [0.15, 0.2) is 0 Å². The van der Waals surface area contributed by atoms with Crippen molar-refractivity contribution in [3.05, 3.63) is 33.9 Å². The van der Waals surface area contributed by atoms with Gasteiger partial charge in [0.2, 0.25) is 11.8 Å². The number of hydrogen-bond acceptors (Lipinski definition) is 5. The second-order valence-corrected chi connectivity index (χ2v) is 6.75. The standard InChI is InChI=1S/C17H19F3N4O4/c18-17(19,20)12-3-4-13(14(10-12)24(27)28)21-6-8-22(9-7-21)16(26)11-23-5-1-2-15(23)25/h3-4,10H,1-2,5-9,11H2. The molecule has 2 aliphatic rings. The number of benzene rings is 1. The second-order valence-electron chi connectivity index (χ2n) is 6.75. The highest BCUT2D eigenvalue weighted by atomic mass is 19.4. The molecule has 11 heteroatoms. The SMILES string of the molecule is O=C(CN1CCCC1=O)N1CCN(c2ccc(C(F)(F)F)cc2[N+](=O)[O-])CC1. The van der Waals surface area contributed by atoms with Crippen LogP contribution in [0.4, 0.5) is 24.5 Å². The third kappa shape index (κ3) is 4.18. The summed E-state index contributed by atoms with van der Waals surface area (Å²) in [4.78, 5) is 39.1. The van der Waals surface area contributed by atoms with E-state index in [1.807, 2.05) is 0 Å². The lowest BCUT2D eigenvalue weighted by atomic mass is 10.1. The Morgan fingerprint density at radius 3 is 2.36 bits per heavy atom. The van der Waals surface area contributed by atoms with Crippen molar-refractivity contribution in [1.29, 1.82) is 0 Å². The number of carbonyl (C=O) groups excluding carboxylic acids is 2. The monoisotopic (exact) mass is 400 g/mol. The van der Waals surface area contributed by atoms with Crippen LogP contribution in [-0.4, -0.2) is 65.8 Å². The quantitative estimate of drug-likeness (QED) is 0.569.